The molecule has 2 amide bonds. The highest BCUT2D eigenvalue weighted by Crippen LogP contribution is 2.30. The maximum absolute atomic E-state index is 12.2. The molecule has 3 aromatic carbocycles. The Balaban J connectivity index is 0.000000189. The number of nitrogens with one attached hydrogen (secondary N) is 2. The Kier molecular flexibility index (Phi) is 9.33. The first kappa shape index (κ1) is 27.9. The lowest BCUT2D eigenvalue weighted by Gasteiger charge is -2.32. The smallest absolute Gasteiger partial charge is 0.241 e. The fraction of sp³-hybridized carbons (Fsp3) is 0.323. The number of H-pyrrole nitrogens is 1. The van der Waals surface area contributed by atoms with Crippen molar-refractivity contribution in [3.05, 3.63) is 72.8 Å². The number of aromatic nitrogens is 2. The molecule has 2 N–H and O–H groups in total. The summed E-state index contributed by atoms with van der Waals surface area (Å²) in [7, 11) is 3.60. The predicted molar refractivity (Wildman–Crippen MR) is 157 cm³/mol. The molecule has 39 heavy (non-hydrogen) atoms. The zero-order chi connectivity index (χ0) is 27.8. The van der Waals surface area contributed by atoms with Crippen molar-refractivity contribution in [1.29, 1.82) is 0 Å². The molecule has 0 spiro atoms. The standard InChI is InChI=1S/C18H18N4O.C11H13NO2.C2H6/c1-21-10-11-22(17(23)12-21)14-8-6-13(7-9-14)18-15-4-2-3-5-16(15)19-20-18;1-14-10-6-4-9(5-7-10)12-11(13)8-2-3-8;1-2/h2-9H,10-12H2,1H3,(H,19,20);4-8H,2-3H2,1H3,(H,12,13);1-2H3. The van der Waals surface area contributed by atoms with E-state index in [1.165, 1.54) is 0 Å². The Morgan fingerprint density at radius 2 is 1.67 bits per heavy atom. The van der Waals surface area contributed by atoms with Gasteiger partial charge in [-0.2, -0.15) is 5.10 Å². The van der Waals surface area contributed by atoms with Crippen LogP contribution in [-0.4, -0.2) is 60.7 Å². The molecule has 1 saturated carbocycles. The van der Waals surface area contributed by atoms with E-state index in [9.17, 15) is 9.59 Å². The Bertz CT molecular complexity index is 1380. The molecule has 2 fully saturated rings. The number of likely N-dealkylation sites (N-methyl/N-ethyl adjacent to an activating group) is 1. The molecule has 0 atom stereocenters. The SMILES string of the molecule is CC.CN1CCN(c2ccc(-c3n[nH]c4ccccc34)cc2)C(=O)C1.COc1ccc(NC(=O)C2CC2)cc1. The number of fused-ring (bicyclic) bond motifs is 1. The molecule has 0 unspecified atom stereocenters. The molecule has 1 aromatic heterocycles. The highest BCUT2D eigenvalue weighted by molar-refractivity contribution is 5.97. The summed E-state index contributed by atoms with van der Waals surface area (Å²) in [5.74, 6) is 1.33. The molecule has 1 aliphatic heterocycles. The maximum Gasteiger partial charge on any atom is 0.241 e. The Morgan fingerprint density at radius 3 is 2.31 bits per heavy atom. The largest absolute Gasteiger partial charge is 0.497 e. The van der Waals surface area contributed by atoms with E-state index in [0.717, 1.165) is 65.2 Å². The van der Waals surface area contributed by atoms with Gasteiger partial charge in [-0.15, -0.1) is 0 Å². The molecule has 1 aliphatic carbocycles. The fourth-order valence-electron chi connectivity index (χ4n) is 4.31. The fourth-order valence-corrected chi connectivity index (χ4v) is 4.31. The number of anilines is 2. The molecule has 8 heteroatoms. The van der Waals surface area contributed by atoms with Gasteiger partial charge >= 0.3 is 0 Å². The molecule has 2 heterocycles. The minimum absolute atomic E-state index is 0.134. The van der Waals surface area contributed by atoms with Crippen LogP contribution in [0.3, 0.4) is 0 Å². The van der Waals surface area contributed by atoms with Crippen molar-refractivity contribution >= 4 is 34.1 Å². The third-order valence-electron chi connectivity index (χ3n) is 6.64. The van der Waals surface area contributed by atoms with E-state index in [-0.39, 0.29) is 17.7 Å². The number of carbonyl (C=O) groups excluding carboxylic acids is 2. The lowest BCUT2D eigenvalue weighted by Crippen LogP contribution is -2.48. The summed E-state index contributed by atoms with van der Waals surface area (Å²) >= 11 is 0. The number of amides is 2. The second-order valence-corrected chi connectivity index (χ2v) is 9.44. The van der Waals surface area contributed by atoms with Crippen LogP contribution in [0.2, 0.25) is 0 Å². The van der Waals surface area contributed by atoms with E-state index in [0.29, 0.717) is 6.54 Å². The summed E-state index contributed by atoms with van der Waals surface area (Å²) in [6.45, 7) is 6.11. The summed E-state index contributed by atoms with van der Waals surface area (Å²) in [6.07, 6.45) is 2.06. The summed E-state index contributed by atoms with van der Waals surface area (Å²) in [4.78, 5) is 27.4. The molecule has 0 radical (unpaired) electrons. The normalized spacial score (nSPS) is 15.1. The predicted octanol–water partition coefficient (Wildman–Crippen LogP) is 5.58. The van der Waals surface area contributed by atoms with Gasteiger partial charge in [0.25, 0.3) is 0 Å². The van der Waals surface area contributed by atoms with E-state index in [2.05, 4.69) is 21.6 Å². The Morgan fingerprint density at radius 1 is 0.974 bits per heavy atom. The second-order valence-electron chi connectivity index (χ2n) is 9.44. The lowest BCUT2D eigenvalue weighted by molar-refractivity contribution is -0.121. The highest BCUT2D eigenvalue weighted by atomic mass is 16.5. The minimum atomic E-state index is 0.134. The molecule has 4 aromatic rings. The zero-order valence-electron chi connectivity index (χ0n) is 23.1. The topological polar surface area (TPSA) is 90.6 Å². The average Bonchev–Trinajstić information content (AvgIpc) is 3.74. The van der Waals surface area contributed by atoms with E-state index in [1.54, 1.807) is 7.11 Å². The number of piperazine rings is 1. The first-order chi connectivity index (χ1) is 19.0. The monoisotopic (exact) mass is 527 g/mol. The van der Waals surface area contributed by atoms with Crippen LogP contribution in [0.4, 0.5) is 11.4 Å². The third-order valence-corrected chi connectivity index (χ3v) is 6.64. The highest BCUT2D eigenvalue weighted by Gasteiger charge is 2.29. The number of rotatable bonds is 5. The molecule has 1 saturated heterocycles. The number of carbonyl (C=O) groups is 2. The van der Waals surface area contributed by atoms with Crippen molar-refractivity contribution in [3.8, 4) is 17.0 Å². The lowest BCUT2D eigenvalue weighted by atomic mass is 10.1. The molecular weight excluding hydrogens is 490 g/mol. The van der Waals surface area contributed by atoms with E-state index in [1.807, 2.05) is 97.4 Å². The number of ether oxygens (including phenoxy) is 1. The number of hydrogen-bond acceptors (Lipinski definition) is 5. The van der Waals surface area contributed by atoms with E-state index in [4.69, 9.17) is 4.74 Å². The number of nitrogens with zero attached hydrogens (tertiary/aromatic N) is 3. The van der Waals surface area contributed by atoms with Crippen molar-refractivity contribution in [2.45, 2.75) is 26.7 Å². The van der Waals surface area contributed by atoms with Gasteiger partial charge in [-0.25, -0.2) is 0 Å². The summed E-state index contributed by atoms with van der Waals surface area (Å²) in [5, 5.41) is 11.4. The van der Waals surface area contributed by atoms with Crippen molar-refractivity contribution < 1.29 is 14.3 Å². The quantitative estimate of drug-likeness (QED) is 0.354. The van der Waals surface area contributed by atoms with Crippen molar-refractivity contribution in [2.24, 2.45) is 5.92 Å². The zero-order valence-corrected chi connectivity index (χ0v) is 23.1. The van der Waals surface area contributed by atoms with Crippen LogP contribution in [0.5, 0.6) is 5.75 Å². The molecule has 204 valence electrons. The van der Waals surface area contributed by atoms with Crippen LogP contribution in [0.15, 0.2) is 72.8 Å². The van der Waals surface area contributed by atoms with Crippen LogP contribution in [-0.2, 0) is 9.59 Å². The molecule has 6 rings (SSSR count). The van der Waals surface area contributed by atoms with Crippen LogP contribution in [0.1, 0.15) is 26.7 Å². The number of aromatic amines is 1. The van der Waals surface area contributed by atoms with Gasteiger partial charge in [0.1, 0.15) is 5.75 Å². The van der Waals surface area contributed by atoms with Crippen molar-refractivity contribution in [2.75, 3.05) is 44.0 Å². The summed E-state index contributed by atoms with van der Waals surface area (Å²) in [5.41, 5.74) is 4.81. The van der Waals surface area contributed by atoms with Gasteiger partial charge in [0.05, 0.1) is 24.9 Å². The number of para-hydroxylation sites is 1. The Hall–Kier alpha value is -4.17. The van der Waals surface area contributed by atoms with Crippen LogP contribution < -0.4 is 15.0 Å². The van der Waals surface area contributed by atoms with Gasteiger partial charge in [0, 0.05) is 41.3 Å². The summed E-state index contributed by atoms with van der Waals surface area (Å²) < 4.78 is 5.02. The van der Waals surface area contributed by atoms with Crippen LogP contribution >= 0.6 is 0 Å². The van der Waals surface area contributed by atoms with Crippen molar-refractivity contribution in [1.82, 2.24) is 15.1 Å². The maximum atomic E-state index is 12.2. The first-order valence-electron chi connectivity index (χ1n) is 13.5. The molecule has 8 nitrogen and oxygen atoms in total. The number of methoxy groups -OCH3 is 1. The van der Waals surface area contributed by atoms with Gasteiger partial charge < -0.3 is 15.0 Å². The van der Waals surface area contributed by atoms with Gasteiger partial charge in [-0.05, 0) is 62.4 Å². The van der Waals surface area contributed by atoms with Crippen LogP contribution in [0.25, 0.3) is 22.2 Å². The molecule has 2 aliphatic rings. The molecule has 0 bridgehead atoms. The number of benzene rings is 3. The van der Waals surface area contributed by atoms with E-state index < -0.39 is 0 Å². The van der Waals surface area contributed by atoms with Gasteiger partial charge in [-0.3, -0.25) is 19.6 Å². The third kappa shape index (κ3) is 7.03. The van der Waals surface area contributed by atoms with Gasteiger partial charge in [0.2, 0.25) is 11.8 Å². The van der Waals surface area contributed by atoms with Gasteiger partial charge in [-0.1, -0.05) is 44.2 Å². The number of hydrogen-bond donors (Lipinski definition) is 2. The molecular formula is C31H37N5O3. The summed E-state index contributed by atoms with van der Waals surface area (Å²) in [6, 6.07) is 23.5. The van der Waals surface area contributed by atoms with Crippen molar-refractivity contribution in [3.63, 3.8) is 0 Å². The average molecular weight is 528 g/mol. The Labute approximate surface area is 230 Å². The van der Waals surface area contributed by atoms with Crippen LogP contribution in [0, 0.1) is 5.92 Å². The second kappa shape index (κ2) is 13.1. The minimum Gasteiger partial charge on any atom is -0.497 e. The van der Waals surface area contributed by atoms with E-state index >= 15 is 0 Å². The first-order valence-corrected chi connectivity index (χ1v) is 13.5. The van der Waals surface area contributed by atoms with Gasteiger partial charge in [0.15, 0.2) is 0 Å².